The van der Waals surface area contributed by atoms with Crippen molar-refractivity contribution in [2.45, 2.75) is 19.8 Å². The van der Waals surface area contributed by atoms with Crippen molar-refractivity contribution in [3.05, 3.63) is 34.9 Å². The third-order valence-electron chi connectivity index (χ3n) is 2.20. The van der Waals surface area contributed by atoms with Gasteiger partial charge in [0.2, 0.25) is 5.91 Å². The zero-order chi connectivity index (χ0) is 11.6. The summed E-state index contributed by atoms with van der Waals surface area (Å²) in [6.07, 6.45) is 0. The number of carbonyl (C=O) groups excluding carboxylic acids is 1. The van der Waals surface area contributed by atoms with Crippen LogP contribution in [0.5, 0.6) is 0 Å². The largest absolute Gasteiger partial charge is 0.478 e. The minimum absolute atomic E-state index is 0.0336. The van der Waals surface area contributed by atoms with Crippen LogP contribution in [-0.4, -0.2) is 17.0 Å². The molecule has 1 aromatic carbocycles. The molecule has 0 fully saturated rings. The second-order valence-electron chi connectivity index (χ2n) is 3.59. The molecule has 1 rings (SSSR count). The number of carbonyl (C=O) groups is 2. The van der Waals surface area contributed by atoms with E-state index in [2.05, 4.69) is 0 Å². The van der Waals surface area contributed by atoms with Gasteiger partial charge in [0.25, 0.3) is 0 Å². The topological polar surface area (TPSA) is 80.4 Å². The first-order valence-corrected chi connectivity index (χ1v) is 4.61. The fourth-order valence-corrected chi connectivity index (χ4v) is 1.50. The van der Waals surface area contributed by atoms with Gasteiger partial charge >= 0.3 is 5.97 Å². The monoisotopic (exact) mass is 207 g/mol. The highest BCUT2D eigenvalue weighted by molar-refractivity contribution is 6.05. The van der Waals surface area contributed by atoms with Crippen LogP contribution in [0.25, 0.3) is 0 Å². The summed E-state index contributed by atoms with van der Waals surface area (Å²) < 4.78 is 0. The Bertz CT molecular complexity index is 410. The molecule has 0 aliphatic heterocycles. The maximum atomic E-state index is 11.2. The highest BCUT2D eigenvalue weighted by Gasteiger charge is 2.19. The van der Waals surface area contributed by atoms with Gasteiger partial charge in [0.1, 0.15) is 0 Å². The van der Waals surface area contributed by atoms with Crippen molar-refractivity contribution in [2.24, 2.45) is 5.73 Å². The third kappa shape index (κ3) is 2.15. The number of amides is 1. The second kappa shape index (κ2) is 4.13. The molecule has 80 valence electrons. The average Bonchev–Trinajstić information content (AvgIpc) is 2.16. The average molecular weight is 207 g/mol. The molecule has 0 aromatic heterocycles. The van der Waals surface area contributed by atoms with Crippen molar-refractivity contribution in [3.8, 4) is 0 Å². The molecule has 0 spiro atoms. The Labute approximate surface area is 87.7 Å². The Morgan fingerprint density at radius 1 is 1.33 bits per heavy atom. The number of primary amides is 1. The molecule has 15 heavy (non-hydrogen) atoms. The summed E-state index contributed by atoms with van der Waals surface area (Å²) in [6.45, 7) is 3.76. The van der Waals surface area contributed by atoms with Crippen molar-refractivity contribution >= 4 is 11.9 Å². The number of hydrogen-bond acceptors (Lipinski definition) is 2. The summed E-state index contributed by atoms with van der Waals surface area (Å²) in [5, 5.41) is 8.91. The van der Waals surface area contributed by atoms with E-state index in [-0.39, 0.29) is 17.0 Å². The molecule has 1 amide bonds. The summed E-state index contributed by atoms with van der Waals surface area (Å²) in [4.78, 5) is 22.1. The molecule has 0 saturated carbocycles. The summed E-state index contributed by atoms with van der Waals surface area (Å²) >= 11 is 0. The van der Waals surface area contributed by atoms with Gasteiger partial charge in [-0.2, -0.15) is 0 Å². The zero-order valence-electron chi connectivity index (χ0n) is 8.65. The lowest BCUT2D eigenvalue weighted by atomic mass is 9.93. The summed E-state index contributed by atoms with van der Waals surface area (Å²) in [6, 6.07) is 4.72. The molecule has 0 radical (unpaired) electrons. The van der Waals surface area contributed by atoms with E-state index in [1.807, 2.05) is 13.8 Å². The Balaban J connectivity index is 3.48. The van der Waals surface area contributed by atoms with Crippen LogP contribution in [-0.2, 0) is 0 Å². The second-order valence-corrected chi connectivity index (χ2v) is 3.59. The highest BCUT2D eigenvalue weighted by Crippen LogP contribution is 2.22. The molecule has 1 aromatic rings. The molecule has 0 saturated heterocycles. The Morgan fingerprint density at radius 3 is 2.33 bits per heavy atom. The first-order chi connectivity index (χ1) is 6.95. The molecule has 4 heteroatoms. The van der Waals surface area contributed by atoms with Gasteiger partial charge in [-0.3, -0.25) is 4.79 Å². The first-order valence-electron chi connectivity index (χ1n) is 4.61. The van der Waals surface area contributed by atoms with Crippen molar-refractivity contribution in [3.63, 3.8) is 0 Å². The van der Waals surface area contributed by atoms with E-state index in [4.69, 9.17) is 10.8 Å². The number of hydrogen-bond donors (Lipinski definition) is 2. The zero-order valence-corrected chi connectivity index (χ0v) is 8.65. The number of carboxylic acids is 1. The van der Waals surface area contributed by atoms with Crippen molar-refractivity contribution in [1.29, 1.82) is 0 Å². The van der Waals surface area contributed by atoms with Crippen LogP contribution >= 0.6 is 0 Å². The van der Waals surface area contributed by atoms with Crippen molar-refractivity contribution in [1.82, 2.24) is 0 Å². The first kappa shape index (κ1) is 11.2. The van der Waals surface area contributed by atoms with Crippen LogP contribution in [0.2, 0.25) is 0 Å². The van der Waals surface area contributed by atoms with Crippen molar-refractivity contribution in [2.75, 3.05) is 0 Å². The number of aromatic carboxylic acids is 1. The minimum atomic E-state index is -1.13. The predicted molar refractivity (Wildman–Crippen MR) is 56.0 cm³/mol. The number of rotatable bonds is 3. The molecule has 0 aliphatic carbocycles. The summed E-state index contributed by atoms with van der Waals surface area (Å²) in [7, 11) is 0. The minimum Gasteiger partial charge on any atom is -0.478 e. The lowest BCUT2D eigenvalue weighted by Gasteiger charge is -2.12. The molecule has 0 unspecified atom stereocenters. The van der Waals surface area contributed by atoms with E-state index in [1.165, 1.54) is 6.07 Å². The Kier molecular flexibility index (Phi) is 3.09. The fourth-order valence-electron chi connectivity index (χ4n) is 1.50. The quantitative estimate of drug-likeness (QED) is 0.790. The molecule has 0 atom stereocenters. The van der Waals surface area contributed by atoms with Crippen LogP contribution in [0.15, 0.2) is 18.2 Å². The van der Waals surface area contributed by atoms with Crippen LogP contribution in [0.4, 0.5) is 0 Å². The molecule has 4 nitrogen and oxygen atoms in total. The van der Waals surface area contributed by atoms with Gasteiger partial charge in [-0.05, 0) is 17.5 Å². The van der Waals surface area contributed by atoms with Crippen molar-refractivity contribution < 1.29 is 14.7 Å². The maximum Gasteiger partial charge on any atom is 0.336 e. The van der Waals surface area contributed by atoms with Crippen LogP contribution in [0.1, 0.15) is 46.0 Å². The van der Waals surface area contributed by atoms with E-state index in [0.29, 0.717) is 5.56 Å². The van der Waals surface area contributed by atoms with Gasteiger partial charge in [0, 0.05) is 0 Å². The number of nitrogens with two attached hydrogens (primary N) is 1. The van der Waals surface area contributed by atoms with Gasteiger partial charge in [-0.1, -0.05) is 26.0 Å². The maximum absolute atomic E-state index is 11.2. The molecule has 0 aliphatic rings. The van der Waals surface area contributed by atoms with Crippen LogP contribution in [0.3, 0.4) is 0 Å². The van der Waals surface area contributed by atoms with Gasteiger partial charge in [0.05, 0.1) is 11.1 Å². The number of benzene rings is 1. The molecular formula is C11H13NO3. The lowest BCUT2D eigenvalue weighted by Crippen LogP contribution is -2.19. The summed E-state index contributed by atoms with van der Waals surface area (Å²) in [5.74, 6) is -1.77. The SMILES string of the molecule is CC(C)c1cccc(C(=O)O)c1C(N)=O. The fraction of sp³-hybridized carbons (Fsp3) is 0.273. The van der Waals surface area contributed by atoms with Crippen LogP contribution < -0.4 is 5.73 Å². The summed E-state index contributed by atoms with van der Waals surface area (Å²) in [5.41, 5.74) is 5.94. The Morgan fingerprint density at radius 2 is 1.93 bits per heavy atom. The van der Waals surface area contributed by atoms with Gasteiger partial charge in [0.15, 0.2) is 0 Å². The Hall–Kier alpha value is -1.84. The third-order valence-corrected chi connectivity index (χ3v) is 2.20. The molecule has 0 bridgehead atoms. The molecule has 3 N–H and O–H groups in total. The standard InChI is InChI=1S/C11H13NO3/c1-6(2)7-4-3-5-8(11(14)15)9(7)10(12)13/h3-6H,1-2H3,(H2,12,13)(H,14,15). The molecule has 0 heterocycles. The van der Waals surface area contributed by atoms with E-state index in [1.54, 1.807) is 12.1 Å². The lowest BCUT2D eigenvalue weighted by molar-refractivity contribution is 0.0692. The molecular weight excluding hydrogens is 194 g/mol. The van der Waals surface area contributed by atoms with E-state index < -0.39 is 11.9 Å². The van der Waals surface area contributed by atoms with E-state index in [9.17, 15) is 9.59 Å². The van der Waals surface area contributed by atoms with Crippen LogP contribution in [0, 0.1) is 0 Å². The van der Waals surface area contributed by atoms with E-state index >= 15 is 0 Å². The number of carboxylic acid groups (broad SMARTS) is 1. The van der Waals surface area contributed by atoms with Gasteiger partial charge < -0.3 is 10.8 Å². The normalized spacial score (nSPS) is 10.3. The van der Waals surface area contributed by atoms with Gasteiger partial charge in [-0.25, -0.2) is 4.79 Å². The van der Waals surface area contributed by atoms with Gasteiger partial charge in [-0.15, -0.1) is 0 Å². The van der Waals surface area contributed by atoms with E-state index in [0.717, 1.165) is 0 Å². The highest BCUT2D eigenvalue weighted by atomic mass is 16.4. The smallest absolute Gasteiger partial charge is 0.336 e. The predicted octanol–water partition coefficient (Wildman–Crippen LogP) is 1.61.